The highest BCUT2D eigenvalue weighted by atomic mass is 32.2. The number of thioether (sulfide) groups is 1. The van der Waals surface area contributed by atoms with Crippen LogP contribution in [0, 0.1) is 0 Å². The predicted octanol–water partition coefficient (Wildman–Crippen LogP) is 1.36. The number of likely N-dealkylation sites (N-methyl/N-ethyl adjacent to an activating group) is 1. The number of rotatable bonds is 8. The molecule has 0 atom stereocenters. The molecule has 7 heteroatoms. The molecule has 0 aliphatic carbocycles. The van der Waals surface area contributed by atoms with Crippen LogP contribution in [0.3, 0.4) is 0 Å². The van der Waals surface area contributed by atoms with Gasteiger partial charge in [-0.05, 0) is 18.1 Å². The molecule has 2 rings (SSSR count). The standard InChI is InChI=1S/C18H22N2O3S2/c1-19(2)11-12-23-16(21)9-6-10-20-17(22)15(25-18(20)24)13-14-7-4-3-5-8-14/h3-5,7-8,13H,6,9-12H2,1-2H3/p+1/b15-13-. The SMILES string of the molecule is C[NH+](C)CCOC(=O)CCCN1C(=O)/C(=C/c2ccccc2)SC1=S. The van der Waals surface area contributed by atoms with E-state index in [0.717, 1.165) is 12.1 Å². The van der Waals surface area contributed by atoms with Crippen LogP contribution in [0.1, 0.15) is 18.4 Å². The fourth-order valence-corrected chi connectivity index (χ4v) is 3.52. The number of hydrogen-bond acceptors (Lipinski definition) is 5. The summed E-state index contributed by atoms with van der Waals surface area (Å²) in [5, 5.41) is 0. The van der Waals surface area contributed by atoms with E-state index in [2.05, 4.69) is 0 Å². The molecular formula is C18H23N2O3S2+. The lowest BCUT2D eigenvalue weighted by atomic mass is 10.2. The third-order valence-electron chi connectivity index (χ3n) is 3.60. The normalized spacial score (nSPS) is 16.1. The van der Waals surface area contributed by atoms with Crippen LogP contribution in [0.4, 0.5) is 0 Å². The van der Waals surface area contributed by atoms with E-state index in [1.807, 2.05) is 50.5 Å². The van der Waals surface area contributed by atoms with E-state index in [4.69, 9.17) is 17.0 Å². The van der Waals surface area contributed by atoms with E-state index in [1.54, 1.807) is 4.90 Å². The van der Waals surface area contributed by atoms with Crippen LogP contribution in [-0.4, -0.2) is 54.9 Å². The van der Waals surface area contributed by atoms with Gasteiger partial charge in [0.2, 0.25) is 0 Å². The van der Waals surface area contributed by atoms with Crippen molar-refractivity contribution in [3.05, 3.63) is 40.8 Å². The summed E-state index contributed by atoms with van der Waals surface area (Å²) in [6.07, 6.45) is 2.67. The number of carbonyl (C=O) groups excluding carboxylic acids is 2. The molecule has 0 aromatic heterocycles. The summed E-state index contributed by atoms with van der Waals surface area (Å²) in [7, 11) is 4.01. The maximum atomic E-state index is 12.5. The monoisotopic (exact) mass is 379 g/mol. The van der Waals surface area contributed by atoms with E-state index >= 15 is 0 Å². The number of nitrogens with zero attached hydrogens (tertiary/aromatic N) is 1. The predicted molar refractivity (Wildman–Crippen MR) is 104 cm³/mol. The van der Waals surface area contributed by atoms with Gasteiger partial charge in [-0.2, -0.15) is 0 Å². The first-order chi connectivity index (χ1) is 12.0. The lowest BCUT2D eigenvalue weighted by molar-refractivity contribution is -0.858. The van der Waals surface area contributed by atoms with Crippen molar-refractivity contribution >= 4 is 46.3 Å². The molecule has 1 saturated heterocycles. The largest absolute Gasteiger partial charge is 0.460 e. The van der Waals surface area contributed by atoms with E-state index in [1.165, 1.54) is 16.7 Å². The van der Waals surface area contributed by atoms with Gasteiger partial charge in [-0.3, -0.25) is 14.5 Å². The number of benzene rings is 1. The molecular weight excluding hydrogens is 356 g/mol. The molecule has 0 unspecified atom stereocenters. The van der Waals surface area contributed by atoms with E-state index in [-0.39, 0.29) is 18.3 Å². The molecule has 1 aromatic rings. The summed E-state index contributed by atoms with van der Waals surface area (Å²) >= 11 is 6.60. The Morgan fingerprint density at radius 1 is 1.32 bits per heavy atom. The first-order valence-corrected chi connectivity index (χ1v) is 9.45. The molecule has 0 spiro atoms. The van der Waals surface area contributed by atoms with Gasteiger partial charge in [0, 0.05) is 13.0 Å². The fraction of sp³-hybridized carbons (Fsp3) is 0.389. The molecule has 1 N–H and O–H groups in total. The number of esters is 1. The van der Waals surface area contributed by atoms with Crippen molar-refractivity contribution in [2.24, 2.45) is 0 Å². The highest BCUT2D eigenvalue weighted by Gasteiger charge is 2.31. The number of amides is 1. The van der Waals surface area contributed by atoms with E-state index < -0.39 is 0 Å². The van der Waals surface area contributed by atoms with Crippen LogP contribution in [0.5, 0.6) is 0 Å². The molecule has 1 aromatic carbocycles. The Hall–Kier alpha value is -1.70. The third-order valence-corrected chi connectivity index (χ3v) is 4.98. The van der Waals surface area contributed by atoms with Crippen LogP contribution in [-0.2, 0) is 14.3 Å². The van der Waals surface area contributed by atoms with Gasteiger partial charge in [0.15, 0.2) is 0 Å². The van der Waals surface area contributed by atoms with Crippen molar-refractivity contribution in [1.82, 2.24) is 4.90 Å². The highest BCUT2D eigenvalue weighted by molar-refractivity contribution is 8.26. The van der Waals surface area contributed by atoms with Crippen molar-refractivity contribution in [1.29, 1.82) is 0 Å². The minimum absolute atomic E-state index is 0.0940. The Bertz CT molecular complexity index is 660. The summed E-state index contributed by atoms with van der Waals surface area (Å²) in [5.41, 5.74) is 0.967. The van der Waals surface area contributed by atoms with Gasteiger partial charge in [-0.1, -0.05) is 54.3 Å². The van der Waals surface area contributed by atoms with Crippen LogP contribution in [0.15, 0.2) is 35.2 Å². The average Bonchev–Trinajstić information content (AvgIpc) is 2.83. The average molecular weight is 380 g/mol. The number of thiocarbonyl (C=S) groups is 1. The number of quaternary nitrogens is 1. The first kappa shape index (κ1) is 19.6. The second-order valence-electron chi connectivity index (χ2n) is 6.03. The molecule has 0 radical (unpaired) electrons. The molecule has 0 saturated carbocycles. The number of nitrogens with one attached hydrogen (secondary N) is 1. The molecule has 25 heavy (non-hydrogen) atoms. The van der Waals surface area contributed by atoms with Crippen LogP contribution >= 0.6 is 24.0 Å². The Morgan fingerprint density at radius 3 is 2.72 bits per heavy atom. The Balaban J connectivity index is 1.81. The van der Waals surface area contributed by atoms with Crippen LogP contribution < -0.4 is 4.90 Å². The smallest absolute Gasteiger partial charge is 0.306 e. The zero-order chi connectivity index (χ0) is 18.2. The van der Waals surface area contributed by atoms with Crippen LogP contribution in [0.25, 0.3) is 6.08 Å². The van der Waals surface area contributed by atoms with Gasteiger partial charge in [-0.15, -0.1) is 0 Å². The second kappa shape index (κ2) is 9.70. The molecule has 134 valence electrons. The van der Waals surface area contributed by atoms with Gasteiger partial charge in [0.1, 0.15) is 17.5 Å². The van der Waals surface area contributed by atoms with E-state index in [0.29, 0.717) is 28.8 Å². The number of hydrogen-bond donors (Lipinski definition) is 1. The van der Waals surface area contributed by atoms with Gasteiger partial charge in [0.25, 0.3) is 5.91 Å². The minimum atomic E-state index is -0.230. The van der Waals surface area contributed by atoms with Gasteiger partial charge in [0.05, 0.1) is 19.0 Å². The van der Waals surface area contributed by atoms with Crippen molar-refractivity contribution in [2.45, 2.75) is 12.8 Å². The number of carbonyl (C=O) groups is 2. The summed E-state index contributed by atoms with van der Waals surface area (Å²) < 4.78 is 5.70. The summed E-state index contributed by atoms with van der Waals surface area (Å²) in [6, 6.07) is 9.67. The molecule has 1 amide bonds. The lowest BCUT2D eigenvalue weighted by Gasteiger charge is -2.14. The minimum Gasteiger partial charge on any atom is -0.460 e. The fourth-order valence-electron chi connectivity index (χ4n) is 2.22. The Kier molecular flexibility index (Phi) is 7.61. The van der Waals surface area contributed by atoms with Crippen molar-refractivity contribution in [3.63, 3.8) is 0 Å². The van der Waals surface area contributed by atoms with E-state index in [9.17, 15) is 9.59 Å². The Labute approximate surface area is 158 Å². The maximum Gasteiger partial charge on any atom is 0.306 e. The summed E-state index contributed by atoms with van der Waals surface area (Å²) in [4.78, 5) is 27.6. The molecule has 1 aliphatic heterocycles. The first-order valence-electron chi connectivity index (χ1n) is 8.22. The molecule has 1 aliphatic rings. The molecule has 1 fully saturated rings. The van der Waals surface area contributed by atoms with Crippen LogP contribution in [0.2, 0.25) is 0 Å². The zero-order valence-corrected chi connectivity index (χ0v) is 16.1. The van der Waals surface area contributed by atoms with Gasteiger partial charge >= 0.3 is 5.97 Å². The van der Waals surface area contributed by atoms with Gasteiger partial charge < -0.3 is 9.64 Å². The van der Waals surface area contributed by atoms with Crippen molar-refractivity contribution in [2.75, 3.05) is 33.8 Å². The highest BCUT2D eigenvalue weighted by Crippen LogP contribution is 2.32. The maximum absolute atomic E-state index is 12.5. The Morgan fingerprint density at radius 2 is 2.04 bits per heavy atom. The molecule has 0 bridgehead atoms. The summed E-state index contributed by atoms with van der Waals surface area (Å²) in [6.45, 7) is 1.64. The second-order valence-corrected chi connectivity index (χ2v) is 7.70. The van der Waals surface area contributed by atoms with Crippen molar-refractivity contribution < 1.29 is 19.2 Å². The molecule has 5 nitrogen and oxygen atoms in total. The molecule has 1 heterocycles. The number of ether oxygens (including phenoxy) is 1. The lowest BCUT2D eigenvalue weighted by Crippen LogP contribution is -3.06. The van der Waals surface area contributed by atoms with Crippen molar-refractivity contribution in [3.8, 4) is 0 Å². The summed E-state index contributed by atoms with van der Waals surface area (Å²) in [5.74, 6) is -0.324. The third kappa shape index (κ3) is 6.26. The topological polar surface area (TPSA) is 51.1 Å². The quantitative estimate of drug-likeness (QED) is 0.420. The van der Waals surface area contributed by atoms with Gasteiger partial charge in [-0.25, -0.2) is 0 Å². The zero-order valence-electron chi connectivity index (χ0n) is 14.5.